The average molecular weight is 214 g/mol. The molecule has 0 radical (unpaired) electrons. The lowest BCUT2D eigenvalue weighted by Gasteiger charge is -2.08. The molecule has 2 heterocycles. The van der Waals surface area contributed by atoms with E-state index in [1.807, 2.05) is 6.20 Å². The molecule has 0 bridgehead atoms. The molecule has 0 spiro atoms. The van der Waals surface area contributed by atoms with E-state index in [1.54, 1.807) is 0 Å². The topological polar surface area (TPSA) is 25.2 Å². The van der Waals surface area contributed by atoms with Crippen molar-refractivity contribution in [2.45, 2.75) is 34.1 Å². The number of allylic oxidation sites excluding steroid dienone is 1. The van der Waals surface area contributed by atoms with Crippen LogP contribution in [0.25, 0.3) is 5.57 Å². The highest BCUT2D eigenvalue weighted by Crippen LogP contribution is 2.26. The molecule has 0 N–H and O–H groups in total. The second-order valence-corrected chi connectivity index (χ2v) is 4.40. The van der Waals surface area contributed by atoms with Crippen molar-refractivity contribution in [1.29, 1.82) is 0 Å². The summed E-state index contributed by atoms with van der Waals surface area (Å²) in [4.78, 5) is 8.98. The van der Waals surface area contributed by atoms with Crippen molar-refractivity contribution in [3.05, 3.63) is 34.7 Å². The van der Waals surface area contributed by atoms with Crippen molar-refractivity contribution in [1.82, 2.24) is 4.98 Å². The number of nitrogens with zero attached hydrogens (tertiary/aromatic N) is 2. The van der Waals surface area contributed by atoms with Gasteiger partial charge in [-0.2, -0.15) is 0 Å². The average Bonchev–Trinajstić information content (AvgIpc) is 2.58. The van der Waals surface area contributed by atoms with Crippen molar-refractivity contribution in [2.75, 3.05) is 6.54 Å². The summed E-state index contributed by atoms with van der Waals surface area (Å²) in [6.07, 6.45) is 2.98. The summed E-state index contributed by atoms with van der Waals surface area (Å²) in [7, 11) is 0. The number of pyridine rings is 1. The van der Waals surface area contributed by atoms with E-state index >= 15 is 0 Å². The first-order valence-corrected chi connectivity index (χ1v) is 5.80. The van der Waals surface area contributed by atoms with Gasteiger partial charge in [-0.1, -0.05) is 6.92 Å². The molecule has 84 valence electrons. The molecule has 0 atom stereocenters. The van der Waals surface area contributed by atoms with Crippen LogP contribution in [0.15, 0.2) is 22.8 Å². The molecule has 0 aliphatic carbocycles. The molecule has 1 aliphatic rings. The van der Waals surface area contributed by atoms with Crippen LogP contribution in [0.3, 0.4) is 0 Å². The molecule has 0 saturated carbocycles. The van der Waals surface area contributed by atoms with Crippen molar-refractivity contribution < 1.29 is 0 Å². The van der Waals surface area contributed by atoms with Crippen LogP contribution in [0, 0.1) is 6.92 Å². The zero-order valence-electron chi connectivity index (χ0n) is 10.5. The molecule has 0 saturated heterocycles. The Balaban J connectivity index is 2.46. The standard InChI is InChI=1S/C14H18N2/c1-5-13-9(2)6-12(8-16-13)14-10(3)7-15-11(14)4/h6,8H,5,7H2,1-4H3. The van der Waals surface area contributed by atoms with Gasteiger partial charge in [0.1, 0.15) is 0 Å². The SMILES string of the molecule is CCc1ncc(C2=C(C)CN=C2C)cc1C. The normalized spacial score (nSPS) is 15.6. The Morgan fingerprint density at radius 1 is 1.25 bits per heavy atom. The van der Waals surface area contributed by atoms with Gasteiger partial charge in [-0.05, 0) is 44.4 Å². The van der Waals surface area contributed by atoms with Crippen molar-refractivity contribution in [3.63, 3.8) is 0 Å². The van der Waals surface area contributed by atoms with Gasteiger partial charge < -0.3 is 0 Å². The quantitative estimate of drug-likeness (QED) is 0.742. The maximum Gasteiger partial charge on any atom is 0.0610 e. The largest absolute Gasteiger partial charge is 0.285 e. The van der Waals surface area contributed by atoms with Crippen LogP contribution in [0.1, 0.15) is 37.6 Å². The third kappa shape index (κ3) is 1.80. The van der Waals surface area contributed by atoms with Gasteiger partial charge in [-0.15, -0.1) is 0 Å². The van der Waals surface area contributed by atoms with E-state index in [1.165, 1.54) is 28.0 Å². The van der Waals surface area contributed by atoms with Gasteiger partial charge in [0.2, 0.25) is 0 Å². The van der Waals surface area contributed by atoms with E-state index in [0.29, 0.717) is 0 Å². The third-order valence-electron chi connectivity index (χ3n) is 3.15. The van der Waals surface area contributed by atoms with Gasteiger partial charge in [0.15, 0.2) is 0 Å². The summed E-state index contributed by atoms with van der Waals surface area (Å²) >= 11 is 0. The second-order valence-electron chi connectivity index (χ2n) is 4.40. The van der Waals surface area contributed by atoms with Gasteiger partial charge in [-0.3, -0.25) is 9.98 Å². The molecule has 0 unspecified atom stereocenters. The highest BCUT2D eigenvalue weighted by atomic mass is 14.8. The Hall–Kier alpha value is -1.44. The molecule has 0 fully saturated rings. The molecule has 1 aromatic rings. The number of aromatic nitrogens is 1. The Morgan fingerprint density at radius 3 is 2.50 bits per heavy atom. The van der Waals surface area contributed by atoms with Gasteiger partial charge >= 0.3 is 0 Å². The minimum atomic E-state index is 0.843. The first-order chi connectivity index (χ1) is 7.63. The molecule has 1 aliphatic heterocycles. The Labute approximate surface area is 97.1 Å². The van der Waals surface area contributed by atoms with Gasteiger partial charge in [0, 0.05) is 28.7 Å². The number of rotatable bonds is 2. The van der Waals surface area contributed by atoms with Crippen LogP contribution in [0.4, 0.5) is 0 Å². The predicted octanol–water partition coefficient (Wildman–Crippen LogP) is 3.20. The Kier molecular flexibility index (Phi) is 2.90. The maximum absolute atomic E-state index is 4.52. The lowest BCUT2D eigenvalue weighted by atomic mass is 9.98. The number of aliphatic imine (C=N–C) groups is 1. The lowest BCUT2D eigenvalue weighted by molar-refractivity contribution is 1.01. The van der Waals surface area contributed by atoms with E-state index < -0.39 is 0 Å². The summed E-state index contributed by atoms with van der Waals surface area (Å²) in [6, 6.07) is 2.23. The smallest absolute Gasteiger partial charge is 0.0610 e. The van der Waals surface area contributed by atoms with Gasteiger partial charge in [-0.25, -0.2) is 0 Å². The van der Waals surface area contributed by atoms with E-state index in [4.69, 9.17) is 0 Å². The Morgan fingerprint density at radius 2 is 2.00 bits per heavy atom. The molecule has 2 heteroatoms. The van der Waals surface area contributed by atoms with Gasteiger partial charge in [0.25, 0.3) is 0 Å². The summed E-state index contributed by atoms with van der Waals surface area (Å²) < 4.78 is 0. The zero-order chi connectivity index (χ0) is 11.7. The second kappa shape index (κ2) is 4.20. The summed E-state index contributed by atoms with van der Waals surface area (Å²) in [5.74, 6) is 0. The molecule has 2 rings (SSSR count). The maximum atomic E-state index is 4.52. The monoisotopic (exact) mass is 214 g/mol. The van der Waals surface area contributed by atoms with Crippen LogP contribution in [0.5, 0.6) is 0 Å². The van der Waals surface area contributed by atoms with Crippen molar-refractivity contribution in [2.24, 2.45) is 4.99 Å². The fourth-order valence-corrected chi connectivity index (χ4v) is 2.27. The molecule has 0 amide bonds. The number of hydrogen-bond donors (Lipinski definition) is 0. The van der Waals surface area contributed by atoms with Crippen LogP contribution in [0.2, 0.25) is 0 Å². The zero-order valence-corrected chi connectivity index (χ0v) is 10.5. The lowest BCUT2D eigenvalue weighted by Crippen LogP contribution is -1.99. The van der Waals surface area contributed by atoms with Crippen LogP contribution in [-0.2, 0) is 6.42 Å². The van der Waals surface area contributed by atoms with Crippen LogP contribution >= 0.6 is 0 Å². The van der Waals surface area contributed by atoms with E-state index in [9.17, 15) is 0 Å². The van der Waals surface area contributed by atoms with Crippen molar-refractivity contribution in [3.8, 4) is 0 Å². The van der Waals surface area contributed by atoms with Crippen LogP contribution < -0.4 is 0 Å². The molecule has 1 aromatic heterocycles. The minimum Gasteiger partial charge on any atom is -0.285 e. The van der Waals surface area contributed by atoms with E-state index in [0.717, 1.165) is 18.7 Å². The van der Waals surface area contributed by atoms with Crippen molar-refractivity contribution >= 4 is 11.3 Å². The number of aryl methyl sites for hydroxylation is 2. The molecular weight excluding hydrogens is 196 g/mol. The fourth-order valence-electron chi connectivity index (χ4n) is 2.27. The highest BCUT2D eigenvalue weighted by molar-refractivity contribution is 6.25. The molecule has 2 nitrogen and oxygen atoms in total. The highest BCUT2D eigenvalue weighted by Gasteiger charge is 2.15. The Bertz CT molecular complexity index is 482. The summed E-state index contributed by atoms with van der Waals surface area (Å²) in [6.45, 7) is 9.34. The predicted molar refractivity (Wildman–Crippen MR) is 68.9 cm³/mol. The first-order valence-electron chi connectivity index (χ1n) is 5.80. The minimum absolute atomic E-state index is 0.843. The van der Waals surface area contributed by atoms with E-state index in [2.05, 4.69) is 43.7 Å². The van der Waals surface area contributed by atoms with E-state index in [-0.39, 0.29) is 0 Å². The molecular formula is C14H18N2. The first kappa shape index (κ1) is 11.1. The van der Waals surface area contributed by atoms with Crippen LogP contribution in [-0.4, -0.2) is 17.2 Å². The van der Waals surface area contributed by atoms with Gasteiger partial charge in [0.05, 0.1) is 6.54 Å². The molecule has 0 aromatic carbocycles. The summed E-state index contributed by atoms with van der Waals surface area (Å²) in [5.41, 5.74) is 7.46. The fraction of sp³-hybridized carbons (Fsp3) is 0.429. The molecule has 16 heavy (non-hydrogen) atoms. The summed E-state index contributed by atoms with van der Waals surface area (Å²) in [5, 5.41) is 0. The third-order valence-corrected chi connectivity index (χ3v) is 3.15. The number of hydrogen-bond acceptors (Lipinski definition) is 2.